The van der Waals surface area contributed by atoms with Gasteiger partial charge >= 0.3 is 0 Å². The van der Waals surface area contributed by atoms with E-state index in [1.807, 2.05) is 0 Å². The van der Waals surface area contributed by atoms with Crippen molar-refractivity contribution < 1.29 is 4.79 Å². The molecule has 1 rings (SSSR count). The molecule has 0 aliphatic rings. The zero-order valence-corrected chi connectivity index (χ0v) is 9.35. The first-order valence-electron chi connectivity index (χ1n) is 4.22. The van der Waals surface area contributed by atoms with E-state index in [-0.39, 0.29) is 16.3 Å². The third kappa shape index (κ3) is 4.27. The summed E-state index contributed by atoms with van der Waals surface area (Å²) in [7, 11) is 0. The number of hydrogen-bond acceptors (Lipinski definition) is 3. The van der Waals surface area contributed by atoms with E-state index in [9.17, 15) is 4.79 Å². The summed E-state index contributed by atoms with van der Waals surface area (Å²) in [5.41, 5.74) is 0. The highest BCUT2D eigenvalue weighted by Gasteiger charge is 2.05. The molecule has 15 heavy (non-hydrogen) atoms. The van der Waals surface area contributed by atoms with Gasteiger partial charge in [0.1, 0.15) is 11.0 Å². The monoisotopic (exact) mass is 245 g/mol. The molecule has 1 heterocycles. The molecule has 0 saturated carbocycles. The predicted molar refractivity (Wildman–Crippen MR) is 60.1 cm³/mol. The Hall–Kier alpha value is -1.13. The van der Waals surface area contributed by atoms with E-state index in [1.54, 1.807) is 6.08 Å². The number of amides is 1. The zero-order valence-electron chi connectivity index (χ0n) is 7.83. The summed E-state index contributed by atoms with van der Waals surface area (Å²) in [6, 6.07) is 1.43. The molecule has 0 atom stereocenters. The van der Waals surface area contributed by atoms with E-state index in [2.05, 4.69) is 21.9 Å². The molecule has 0 aliphatic heterocycles. The lowest BCUT2D eigenvalue weighted by molar-refractivity contribution is -0.116. The van der Waals surface area contributed by atoms with Crippen molar-refractivity contribution in [3.8, 4) is 0 Å². The van der Waals surface area contributed by atoms with Crippen LogP contribution in [-0.2, 0) is 4.79 Å². The van der Waals surface area contributed by atoms with Gasteiger partial charge < -0.3 is 5.32 Å². The third-order valence-electron chi connectivity index (χ3n) is 1.51. The summed E-state index contributed by atoms with van der Waals surface area (Å²) in [6.07, 6.45) is 2.63. The maximum absolute atomic E-state index is 11.3. The van der Waals surface area contributed by atoms with E-state index < -0.39 is 0 Å². The number of anilines is 1. The van der Waals surface area contributed by atoms with Gasteiger partial charge in [0.05, 0.1) is 0 Å². The minimum absolute atomic E-state index is 0.00141. The van der Waals surface area contributed by atoms with Crippen LogP contribution in [0, 0.1) is 0 Å². The van der Waals surface area contributed by atoms with E-state index in [0.717, 1.165) is 0 Å². The number of rotatable bonds is 4. The van der Waals surface area contributed by atoms with Crippen molar-refractivity contribution in [2.75, 3.05) is 5.32 Å². The van der Waals surface area contributed by atoms with Crippen LogP contribution in [0.1, 0.15) is 12.8 Å². The number of allylic oxidation sites excluding steroid dienone is 1. The van der Waals surface area contributed by atoms with Gasteiger partial charge in [-0.25, -0.2) is 9.97 Å². The Balaban J connectivity index is 2.63. The molecule has 0 bridgehead atoms. The van der Waals surface area contributed by atoms with Crippen LogP contribution in [0.2, 0.25) is 10.4 Å². The quantitative estimate of drug-likeness (QED) is 0.504. The van der Waals surface area contributed by atoms with Crippen LogP contribution >= 0.6 is 23.2 Å². The van der Waals surface area contributed by atoms with Gasteiger partial charge in [-0.05, 0) is 18.0 Å². The van der Waals surface area contributed by atoms with Gasteiger partial charge in [0.25, 0.3) is 0 Å². The second-order valence-corrected chi connectivity index (χ2v) is 3.45. The van der Waals surface area contributed by atoms with Gasteiger partial charge in [-0.1, -0.05) is 17.7 Å². The second kappa shape index (κ2) is 5.68. The molecular formula is C9H9Cl2N3O. The van der Waals surface area contributed by atoms with Crippen LogP contribution in [0.15, 0.2) is 18.7 Å². The van der Waals surface area contributed by atoms with Gasteiger partial charge in [-0.3, -0.25) is 4.79 Å². The first-order chi connectivity index (χ1) is 7.11. The highest BCUT2D eigenvalue weighted by atomic mass is 35.5. The molecule has 0 unspecified atom stereocenters. The summed E-state index contributed by atoms with van der Waals surface area (Å²) < 4.78 is 0. The maximum Gasteiger partial charge on any atom is 0.225 e. The number of carbonyl (C=O) groups excluding carboxylic acids is 1. The minimum Gasteiger partial charge on any atom is -0.311 e. The molecule has 1 aromatic heterocycles. The Kier molecular flexibility index (Phi) is 4.52. The first kappa shape index (κ1) is 11.9. The van der Waals surface area contributed by atoms with E-state index in [1.165, 1.54) is 6.07 Å². The molecule has 6 heteroatoms. The lowest BCUT2D eigenvalue weighted by Gasteiger charge is -2.03. The molecule has 4 nitrogen and oxygen atoms in total. The average molecular weight is 246 g/mol. The molecule has 1 N–H and O–H groups in total. The Morgan fingerprint density at radius 1 is 1.53 bits per heavy atom. The zero-order chi connectivity index (χ0) is 11.3. The van der Waals surface area contributed by atoms with Crippen LogP contribution in [0.25, 0.3) is 0 Å². The Morgan fingerprint density at radius 2 is 2.27 bits per heavy atom. The van der Waals surface area contributed by atoms with Crippen molar-refractivity contribution in [1.29, 1.82) is 0 Å². The van der Waals surface area contributed by atoms with Crippen LogP contribution in [0.5, 0.6) is 0 Å². The Labute approximate surface area is 97.3 Å². The summed E-state index contributed by atoms with van der Waals surface area (Å²) >= 11 is 11.2. The number of halogens is 2. The highest BCUT2D eigenvalue weighted by Crippen LogP contribution is 2.14. The molecular weight excluding hydrogens is 237 g/mol. The number of aromatic nitrogens is 2. The topological polar surface area (TPSA) is 54.9 Å². The number of nitrogens with zero attached hydrogens (tertiary/aromatic N) is 2. The third-order valence-corrected chi connectivity index (χ3v) is 1.87. The van der Waals surface area contributed by atoms with Crippen LogP contribution < -0.4 is 5.32 Å². The molecule has 0 saturated heterocycles. The highest BCUT2D eigenvalue weighted by molar-refractivity contribution is 6.32. The minimum atomic E-state index is -0.166. The lowest BCUT2D eigenvalue weighted by atomic mass is 10.3. The lowest BCUT2D eigenvalue weighted by Crippen LogP contribution is -2.12. The summed E-state index contributed by atoms with van der Waals surface area (Å²) in [5.74, 6) is 0.134. The average Bonchev–Trinajstić information content (AvgIpc) is 2.13. The van der Waals surface area contributed by atoms with E-state index >= 15 is 0 Å². The van der Waals surface area contributed by atoms with Crippen molar-refractivity contribution >= 4 is 34.9 Å². The summed E-state index contributed by atoms with van der Waals surface area (Å²) in [6.45, 7) is 3.52. The molecule has 1 aromatic rings. The molecule has 1 amide bonds. The van der Waals surface area contributed by atoms with Crippen molar-refractivity contribution in [1.82, 2.24) is 9.97 Å². The first-order valence-corrected chi connectivity index (χ1v) is 4.98. The van der Waals surface area contributed by atoms with Crippen molar-refractivity contribution in [2.45, 2.75) is 12.8 Å². The number of nitrogens with one attached hydrogen (secondary N) is 1. The maximum atomic E-state index is 11.3. The number of carbonyl (C=O) groups is 1. The Morgan fingerprint density at radius 3 is 2.87 bits per heavy atom. The van der Waals surface area contributed by atoms with Crippen LogP contribution in [-0.4, -0.2) is 15.9 Å². The SMILES string of the molecule is C=CCCC(=O)Nc1cc(Cl)nc(Cl)n1. The molecule has 0 aromatic carbocycles. The van der Waals surface area contributed by atoms with Crippen LogP contribution in [0.4, 0.5) is 5.82 Å². The van der Waals surface area contributed by atoms with Crippen molar-refractivity contribution in [3.05, 3.63) is 29.2 Å². The van der Waals surface area contributed by atoms with Gasteiger partial charge in [-0.15, -0.1) is 6.58 Å². The van der Waals surface area contributed by atoms with Gasteiger partial charge in [0.2, 0.25) is 11.2 Å². The molecule has 0 fully saturated rings. The molecule has 0 aliphatic carbocycles. The Bertz CT molecular complexity index is 361. The fourth-order valence-corrected chi connectivity index (χ4v) is 1.30. The number of hydrogen-bond donors (Lipinski definition) is 1. The molecule has 80 valence electrons. The fraction of sp³-hybridized carbons (Fsp3) is 0.222. The standard InChI is InChI=1S/C9H9Cl2N3O/c1-2-3-4-8(15)13-7-5-6(10)12-9(11)14-7/h2,5H,1,3-4H2,(H,12,13,14,15). The van der Waals surface area contributed by atoms with Crippen molar-refractivity contribution in [3.63, 3.8) is 0 Å². The van der Waals surface area contributed by atoms with Gasteiger partial charge in [-0.2, -0.15) is 0 Å². The molecule has 0 radical (unpaired) electrons. The molecule has 0 spiro atoms. The van der Waals surface area contributed by atoms with E-state index in [0.29, 0.717) is 18.7 Å². The van der Waals surface area contributed by atoms with Crippen molar-refractivity contribution in [2.24, 2.45) is 0 Å². The summed E-state index contributed by atoms with van der Waals surface area (Å²) in [5, 5.41) is 2.74. The van der Waals surface area contributed by atoms with E-state index in [4.69, 9.17) is 23.2 Å². The summed E-state index contributed by atoms with van der Waals surface area (Å²) in [4.78, 5) is 18.7. The normalized spacial score (nSPS) is 9.73. The van der Waals surface area contributed by atoms with Gasteiger partial charge in [0, 0.05) is 12.5 Å². The second-order valence-electron chi connectivity index (χ2n) is 2.72. The van der Waals surface area contributed by atoms with Crippen LogP contribution in [0.3, 0.4) is 0 Å². The predicted octanol–water partition coefficient (Wildman–Crippen LogP) is 2.69. The smallest absolute Gasteiger partial charge is 0.225 e. The largest absolute Gasteiger partial charge is 0.311 e. The fourth-order valence-electron chi connectivity index (χ4n) is 0.892. The van der Waals surface area contributed by atoms with Gasteiger partial charge in [0.15, 0.2) is 0 Å².